The van der Waals surface area contributed by atoms with Gasteiger partial charge in [0.15, 0.2) is 0 Å². The van der Waals surface area contributed by atoms with Crippen molar-refractivity contribution in [2.45, 2.75) is 20.0 Å². The second-order valence-electron chi connectivity index (χ2n) is 5.57. The van der Waals surface area contributed by atoms with Gasteiger partial charge in [0.2, 0.25) is 0 Å². The molecule has 0 aliphatic rings. The number of carboxylic acids is 1. The van der Waals surface area contributed by atoms with Crippen LogP contribution < -0.4 is 4.74 Å². The van der Waals surface area contributed by atoms with Gasteiger partial charge in [0, 0.05) is 31.6 Å². The Hall–Kier alpha value is -1.89. The number of aromatic carboxylic acids is 1. The van der Waals surface area contributed by atoms with E-state index < -0.39 is 5.97 Å². The highest BCUT2D eigenvalue weighted by atomic mass is 32.1. The lowest BCUT2D eigenvalue weighted by Crippen LogP contribution is -2.26. The van der Waals surface area contributed by atoms with Crippen LogP contribution in [0.25, 0.3) is 0 Å². The number of hydrogen-bond acceptors (Lipinski definition) is 5. The molecule has 1 heterocycles. The van der Waals surface area contributed by atoms with E-state index in [1.54, 1.807) is 30.6 Å². The summed E-state index contributed by atoms with van der Waals surface area (Å²) in [6, 6.07) is 7.42. The first-order valence-electron chi connectivity index (χ1n) is 7.69. The average molecular weight is 349 g/mol. The largest absolute Gasteiger partial charge is 0.496 e. The molecule has 1 aromatic carbocycles. The van der Waals surface area contributed by atoms with Gasteiger partial charge in [-0.15, -0.1) is 11.3 Å². The third-order valence-electron chi connectivity index (χ3n) is 3.85. The molecular weight excluding hydrogens is 326 g/mol. The van der Waals surface area contributed by atoms with Gasteiger partial charge in [-0.2, -0.15) is 0 Å². The quantitative estimate of drug-likeness (QED) is 0.752. The Bertz CT molecular complexity index is 683. The second kappa shape index (κ2) is 8.82. The molecule has 0 saturated carbocycles. The Kier molecular flexibility index (Phi) is 6.78. The van der Waals surface area contributed by atoms with Gasteiger partial charge in [-0.1, -0.05) is 6.07 Å². The lowest BCUT2D eigenvalue weighted by molar-refractivity contribution is 0.0693. The number of carbonyl (C=O) groups is 1. The van der Waals surface area contributed by atoms with E-state index in [0.717, 1.165) is 18.7 Å². The van der Waals surface area contributed by atoms with Crippen LogP contribution >= 0.6 is 11.3 Å². The zero-order valence-corrected chi connectivity index (χ0v) is 15.1. The molecule has 1 N–H and O–H groups in total. The first kappa shape index (κ1) is 18.4. The Morgan fingerprint density at radius 1 is 1.25 bits per heavy atom. The minimum absolute atomic E-state index is 0.189. The van der Waals surface area contributed by atoms with Gasteiger partial charge < -0.3 is 14.6 Å². The Morgan fingerprint density at radius 3 is 2.62 bits per heavy atom. The first-order valence-corrected chi connectivity index (χ1v) is 8.57. The number of aryl methyl sites for hydroxylation is 1. The summed E-state index contributed by atoms with van der Waals surface area (Å²) in [5, 5.41) is 11.4. The summed E-state index contributed by atoms with van der Waals surface area (Å²) < 4.78 is 10.3. The molecule has 1 aromatic heterocycles. The number of methoxy groups -OCH3 is 2. The van der Waals surface area contributed by atoms with E-state index in [0.29, 0.717) is 18.9 Å². The number of ether oxygens (including phenoxy) is 2. The van der Waals surface area contributed by atoms with Crippen molar-refractivity contribution in [2.24, 2.45) is 0 Å². The minimum Gasteiger partial charge on any atom is -0.496 e. The topological polar surface area (TPSA) is 59.0 Å². The highest BCUT2D eigenvalue weighted by Crippen LogP contribution is 2.23. The van der Waals surface area contributed by atoms with Crippen molar-refractivity contribution < 1.29 is 19.4 Å². The van der Waals surface area contributed by atoms with Crippen molar-refractivity contribution in [1.29, 1.82) is 0 Å². The van der Waals surface area contributed by atoms with Crippen molar-refractivity contribution >= 4 is 17.3 Å². The molecule has 5 nitrogen and oxygen atoms in total. The maximum absolute atomic E-state index is 11.4. The molecule has 2 rings (SSSR count). The summed E-state index contributed by atoms with van der Waals surface area (Å²) >= 11 is 1.74. The van der Waals surface area contributed by atoms with Crippen LogP contribution in [-0.4, -0.2) is 43.3 Å². The third-order valence-corrected chi connectivity index (χ3v) is 4.86. The normalized spacial score (nSPS) is 11.0. The molecule has 0 amide bonds. The van der Waals surface area contributed by atoms with Gasteiger partial charge in [0.25, 0.3) is 0 Å². The van der Waals surface area contributed by atoms with E-state index in [1.165, 1.54) is 17.6 Å². The summed E-state index contributed by atoms with van der Waals surface area (Å²) in [7, 11) is 3.16. The first-order chi connectivity index (χ1) is 11.5. The minimum atomic E-state index is -0.980. The molecule has 0 saturated heterocycles. The average Bonchev–Trinajstić information content (AvgIpc) is 2.97. The molecule has 0 bridgehead atoms. The van der Waals surface area contributed by atoms with Gasteiger partial charge in [-0.05, 0) is 41.6 Å². The summed E-state index contributed by atoms with van der Waals surface area (Å²) in [5.41, 5.74) is 2.41. The van der Waals surface area contributed by atoms with E-state index in [9.17, 15) is 9.90 Å². The summed E-state index contributed by atoms with van der Waals surface area (Å²) in [5.74, 6) is -0.602. The number of carboxylic acid groups (broad SMARTS) is 1. The fourth-order valence-corrected chi connectivity index (χ4v) is 3.43. The van der Waals surface area contributed by atoms with E-state index in [4.69, 9.17) is 9.47 Å². The number of benzene rings is 1. The number of thiophene rings is 1. The van der Waals surface area contributed by atoms with Crippen molar-refractivity contribution in [1.82, 2.24) is 4.90 Å². The maximum atomic E-state index is 11.4. The van der Waals surface area contributed by atoms with Crippen LogP contribution in [0.15, 0.2) is 29.6 Å². The van der Waals surface area contributed by atoms with E-state index in [1.807, 2.05) is 6.07 Å². The van der Waals surface area contributed by atoms with Gasteiger partial charge >= 0.3 is 5.97 Å². The molecule has 0 atom stereocenters. The summed E-state index contributed by atoms with van der Waals surface area (Å²) in [6.45, 7) is 5.00. The molecule has 0 unspecified atom stereocenters. The van der Waals surface area contributed by atoms with E-state index in [-0.39, 0.29) is 5.56 Å². The zero-order chi connectivity index (χ0) is 17.5. The Morgan fingerprint density at radius 2 is 2.04 bits per heavy atom. The highest BCUT2D eigenvalue weighted by molar-refractivity contribution is 7.10. The lowest BCUT2D eigenvalue weighted by Gasteiger charge is -2.22. The van der Waals surface area contributed by atoms with Gasteiger partial charge in [-0.3, -0.25) is 4.90 Å². The monoisotopic (exact) mass is 349 g/mol. The predicted octanol–water partition coefficient (Wildman–Crippen LogP) is 3.41. The standard InChI is InChI=1S/C18H23NO4S/c1-13-6-9-24-17(13)12-19(7-8-22-2)11-14-4-5-16(23-3)15(10-14)18(20)21/h4-6,9-10H,7-8,11-12H2,1-3H3,(H,20,21). The van der Waals surface area contributed by atoms with Crippen LogP contribution in [0.4, 0.5) is 0 Å². The van der Waals surface area contributed by atoms with Crippen LogP contribution in [0, 0.1) is 6.92 Å². The van der Waals surface area contributed by atoms with Gasteiger partial charge in [0.05, 0.1) is 13.7 Å². The summed E-state index contributed by atoms with van der Waals surface area (Å²) in [6.07, 6.45) is 0. The molecule has 2 aromatic rings. The summed E-state index contributed by atoms with van der Waals surface area (Å²) in [4.78, 5) is 15.0. The maximum Gasteiger partial charge on any atom is 0.339 e. The van der Waals surface area contributed by atoms with Crippen LogP contribution in [0.1, 0.15) is 26.4 Å². The molecule has 0 spiro atoms. The molecule has 0 fully saturated rings. The van der Waals surface area contributed by atoms with Crippen molar-refractivity contribution in [3.05, 3.63) is 51.2 Å². The highest BCUT2D eigenvalue weighted by Gasteiger charge is 2.14. The molecule has 6 heteroatoms. The van der Waals surface area contributed by atoms with Crippen LogP contribution in [0.5, 0.6) is 5.75 Å². The van der Waals surface area contributed by atoms with Gasteiger partial charge in [-0.25, -0.2) is 4.79 Å². The SMILES string of the molecule is COCCN(Cc1ccc(OC)c(C(=O)O)c1)Cc1sccc1C. The smallest absolute Gasteiger partial charge is 0.339 e. The van der Waals surface area contributed by atoms with E-state index in [2.05, 4.69) is 23.3 Å². The van der Waals surface area contributed by atoms with Gasteiger partial charge in [0.1, 0.15) is 11.3 Å². The van der Waals surface area contributed by atoms with Crippen molar-refractivity contribution in [3.8, 4) is 5.75 Å². The number of hydrogen-bond donors (Lipinski definition) is 1. The molecular formula is C18H23NO4S. The fraction of sp³-hybridized carbons (Fsp3) is 0.389. The predicted molar refractivity (Wildman–Crippen MR) is 95.0 cm³/mol. The second-order valence-corrected chi connectivity index (χ2v) is 6.57. The zero-order valence-electron chi connectivity index (χ0n) is 14.2. The molecule has 0 aliphatic carbocycles. The molecule has 130 valence electrons. The Labute approximate surface area is 146 Å². The Balaban J connectivity index is 2.17. The van der Waals surface area contributed by atoms with E-state index >= 15 is 0 Å². The molecule has 0 radical (unpaired) electrons. The fourth-order valence-electron chi connectivity index (χ4n) is 2.48. The van der Waals surface area contributed by atoms with Crippen molar-refractivity contribution in [2.75, 3.05) is 27.4 Å². The number of nitrogens with zero attached hydrogens (tertiary/aromatic N) is 1. The third kappa shape index (κ3) is 4.80. The molecule has 24 heavy (non-hydrogen) atoms. The van der Waals surface area contributed by atoms with Crippen molar-refractivity contribution in [3.63, 3.8) is 0 Å². The molecule has 0 aliphatic heterocycles. The van der Waals surface area contributed by atoms with Crippen LogP contribution in [0.2, 0.25) is 0 Å². The lowest BCUT2D eigenvalue weighted by atomic mass is 10.1. The van der Waals surface area contributed by atoms with Crippen LogP contribution in [0.3, 0.4) is 0 Å². The van der Waals surface area contributed by atoms with Crippen LogP contribution in [-0.2, 0) is 17.8 Å². The number of rotatable bonds is 9.